The summed E-state index contributed by atoms with van der Waals surface area (Å²) in [7, 11) is 0. The number of carbonyl (C=O) groups excluding carboxylic acids is 2. The Bertz CT molecular complexity index is 953. The van der Waals surface area contributed by atoms with E-state index in [2.05, 4.69) is 10.6 Å². The Labute approximate surface area is 164 Å². The summed E-state index contributed by atoms with van der Waals surface area (Å²) >= 11 is 0. The smallest absolute Gasteiger partial charge is 0.246 e. The van der Waals surface area contributed by atoms with Crippen LogP contribution in [0.25, 0.3) is 0 Å². The number of benzene rings is 3. The summed E-state index contributed by atoms with van der Waals surface area (Å²) < 4.78 is 5.92. The van der Waals surface area contributed by atoms with Crippen molar-refractivity contribution in [1.29, 1.82) is 0 Å². The van der Waals surface area contributed by atoms with Crippen LogP contribution in [0.5, 0.6) is 11.5 Å². The van der Waals surface area contributed by atoms with Gasteiger partial charge in [-0.05, 0) is 62.4 Å². The highest BCUT2D eigenvalue weighted by molar-refractivity contribution is 5.98. The van der Waals surface area contributed by atoms with Gasteiger partial charge in [0.1, 0.15) is 11.8 Å². The van der Waals surface area contributed by atoms with Gasteiger partial charge in [0, 0.05) is 11.3 Å². The molecule has 1 amide bonds. The van der Waals surface area contributed by atoms with E-state index in [1.807, 2.05) is 54.6 Å². The summed E-state index contributed by atoms with van der Waals surface area (Å²) in [6.07, 6.45) is 0. The summed E-state index contributed by atoms with van der Waals surface area (Å²) in [4.78, 5) is 23.9. The van der Waals surface area contributed by atoms with Crippen LogP contribution in [-0.4, -0.2) is 17.7 Å². The Balaban J connectivity index is 1.66. The second-order valence-electron chi connectivity index (χ2n) is 6.40. The normalized spacial score (nSPS) is 11.4. The fourth-order valence-corrected chi connectivity index (χ4v) is 2.63. The molecule has 2 N–H and O–H groups in total. The second-order valence-corrected chi connectivity index (χ2v) is 6.40. The highest BCUT2D eigenvalue weighted by Crippen LogP contribution is 2.29. The van der Waals surface area contributed by atoms with Gasteiger partial charge in [0.15, 0.2) is 11.5 Å². The molecule has 0 aliphatic heterocycles. The van der Waals surface area contributed by atoms with Gasteiger partial charge in [-0.2, -0.15) is 0 Å². The van der Waals surface area contributed by atoms with Crippen molar-refractivity contribution in [1.82, 2.24) is 0 Å². The molecule has 0 spiro atoms. The highest BCUT2D eigenvalue weighted by Gasteiger charge is 2.15. The minimum Gasteiger partial charge on any atom is -0.455 e. The molecule has 1 atom stereocenters. The summed E-state index contributed by atoms with van der Waals surface area (Å²) in [5.74, 6) is 1.16. The maximum Gasteiger partial charge on any atom is 0.246 e. The van der Waals surface area contributed by atoms with Crippen LogP contribution in [0.15, 0.2) is 78.9 Å². The van der Waals surface area contributed by atoms with E-state index >= 15 is 0 Å². The van der Waals surface area contributed by atoms with Crippen LogP contribution < -0.4 is 15.4 Å². The van der Waals surface area contributed by atoms with Gasteiger partial charge in [-0.3, -0.25) is 9.59 Å². The van der Waals surface area contributed by atoms with Gasteiger partial charge >= 0.3 is 0 Å². The van der Waals surface area contributed by atoms with Crippen LogP contribution in [0, 0.1) is 0 Å². The van der Waals surface area contributed by atoms with Gasteiger partial charge in [-0.1, -0.05) is 30.3 Å². The molecule has 0 unspecified atom stereocenters. The monoisotopic (exact) mass is 374 g/mol. The third kappa shape index (κ3) is 4.98. The molecule has 0 aliphatic carbocycles. The number of hydrogen-bond donors (Lipinski definition) is 2. The molecule has 0 saturated carbocycles. The number of rotatable bonds is 7. The number of ether oxygens (including phenoxy) is 1. The zero-order valence-electron chi connectivity index (χ0n) is 15.8. The van der Waals surface area contributed by atoms with Crippen LogP contribution in [0.3, 0.4) is 0 Å². The van der Waals surface area contributed by atoms with Crippen LogP contribution >= 0.6 is 0 Å². The van der Waals surface area contributed by atoms with E-state index in [0.29, 0.717) is 17.0 Å². The number of nitrogens with one attached hydrogen (secondary N) is 2. The van der Waals surface area contributed by atoms with Crippen molar-refractivity contribution >= 4 is 23.1 Å². The molecule has 142 valence electrons. The molecule has 0 saturated heterocycles. The second kappa shape index (κ2) is 8.86. The molecule has 0 aliphatic rings. The predicted molar refractivity (Wildman–Crippen MR) is 111 cm³/mol. The van der Waals surface area contributed by atoms with Gasteiger partial charge in [0.25, 0.3) is 0 Å². The fourth-order valence-electron chi connectivity index (χ4n) is 2.63. The largest absolute Gasteiger partial charge is 0.455 e. The Hall–Kier alpha value is -3.60. The van der Waals surface area contributed by atoms with Gasteiger partial charge < -0.3 is 15.4 Å². The molecule has 0 bridgehead atoms. The van der Waals surface area contributed by atoms with Crippen LogP contribution in [-0.2, 0) is 4.79 Å². The zero-order chi connectivity index (χ0) is 19.9. The Morgan fingerprint density at radius 1 is 0.857 bits per heavy atom. The standard InChI is InChI=1S/C23H22N2O3/c1-16(23(27)25-19-14-12-18(13-15-19)17(2)26)24-21-10-6-7-11-22(21)28-20-8-4-3-5-9-20/h3-16,24H,1-2H3,(H,25,27)/t16-/m1/s1. The van der Waals surface area contributed by atoms with E-state index in [9.17, 15) is 9.59 Å². The number of anilines is 2. The van der Waals surface area contributed by atoms with E-state index < -0.39 is 6.04 Å². The van der Waals surface area contributed by atoms with Gasteiger partial charge in [0.2, 0.25) is 5.91 Å². The zero-order valence-corrected chi connectivity index (χ0v) is 15.8. The number of hydrogen-bond acceptors (Lipinski definition) is 4. The predicted octanol–water partition coefficient (Wildman–Crippen LogP) is 5.12. The molecule has 5 heteroatoms. The molecular weight excluding hydrogens is 352 g/mol. The van der Waals surface area contributed by atoms with Gasteiger partial charge in [0.05, 0.1) is 5.69 Å². The molecular formula is C23H22N2O3. The van der Waals surface area contributed by atoms with E-state index in [4.69, 9.17) is 4.74 Å². The summed E-state index contributed by atoms with van der Waals surface area (Å²) in [5, 5.41) is 6.03. The summed E-state index contributed by atoms with van der Waals surface area (Å²) in [5.41, 5.74) is 1.97. The molecule has 28 heavy (non-hydrogen) atoms. The van der Waals surface area contributed by atoms with Crippen molar-refractivity contribution in [3.8, 4) is 11.5 Å². The lowest BCUT2D eigenvalue weighted by Crippen LogP contribution is -2.32. The minimum atomic E-state index is -0.493. The lowest BCUT2D eigenvalue weighted by atomic mass is 10.1. The molecule has 3 aromatic carbocycles. The topological polar surface area (TPSA) is 67.4 Å². The van der Waals surface area contributed by atoms with Crippen molar-refractivity contribution in [2.45, 2.75) is 19.9 Å². The third-order valence-electron chi connectivity index (χ3n) is 4.18. The molecule has 3 rings (SSSR count). The van der Waals surface area contributed by atoms with E-state index in [-0.39, 0.29) is 11.7 Å². The first kappa shape index (κ1) is 19.2. The van der Waals surface area contributed by atoms with E-state index in [1.165, 1.54) is 6.92 Å². The van der Waals surface area contributed by atoms with E-state index in [0.717, 1.165) is 11.4 Å². The number of Topliss-reactive ketones (excluding diaryl/α,β-unsaturated/α-hetero) is 1. The summed E-state index contributed by atoms with van der Waals surface area (Å²) in [6, 6.07) is 23.3. The maximum absolute atomic E-state index is 12.5. The van der Waals surface area contributed by atoms with E-state index in [1.54, 1.807) is 31.2 Å². The number of para-hydroxylation sites is 3. The van der Waals surface area contributed by atoms with Crippen LogP contribution in [0.4, 0.5) is 11.4 Å². The van der Waals surface area contributed by atoms with Crippen molar-refractivity contribution in [2.75, 3.05) is 10.6 Å². The first-order valence-corrected chi connectivity index (χ1v) is 9.03. The third-order valence-corrected chi connectivity index (χ3v) is 4.18. The molecule has 0 radical (unpaired) electrons. The Morgan fingerprint density at radius 3 is 2.18 bits per heavy atom. The quantitative estimate of drug-likeness (QED) is 0.563. The average Bonchev–Trinajstić information content (AvgIpc) is 2.70. The van der Waals surface area contributed by atoms with Crippen LogP contribution in [0.2, 0.25) is 0 Å². The maximum atomic E-state index is 12.5. The number of ketones is 1. The SMILES string of the molecule is CC(=O)c1ccc(NC(=O)[C@@H](C)Nc2ccccc2Oc2ccccc2)cc1. The number of amides is 1. The highest BCUT2D eigenvalue weighted by atomic mass is 16.5. The van der Waals surface area contributed by atoms with Crippen molar-refractivity contribution in [2.24, 2.45) is 0 Å². The van der Waals surface area contributed by atoms with Crippen LogP contribution in [0.1, 0.15) is 24.2 Å². The van der Waals surface area contributed by atoms with Gasteiger partial charge in [-0.15, -0.1) is 0 Å². The fraction of sp³-hybridized carbons (Fsp3) is 0.130. The lowest BCUT2D eigenvalue weighted by Gasteiger charge is -2.18. The molecule has 0 fully saturated rings. The first-order valence-electron chi connectivity index (χ1n) is 9.03. The molecule has 0 aromatic heterocycles. The lowest BCUT2D eigenvalue weighted by molar-refractivity contribution is -0.116. The number of carbonyl (C=O) groups is 2. The Kier molecular flexibility index (Phi) is 6.07. The minimum absolute atomic E-state index is 0.0112. The average molecular weight is 374 g/mol. The van der Waals surface area contributed by atoms with Crippen molar-refractivity contribution in [3.05, 3.63) is 84.4 Å². The van der Waals surface area contributed by atoms with Gasteiger partial charge in [-0.25, -0.2) is 0 Å². The molecule has 3 aromatic rings. The summed E-state index contributed by atoms with van der Waals surface area (Å²) in [6.45, 7) is 3.28. The van der Waals surface area contributed by atoms with Crippen molar-refractivity contribution in [3.63, 3.8) is 0 Å². The Morgan fingerprint density at radius 2 is 1.50 bits per heavy atom. The molecule has 5 nitrogen and oxygen atoms in total. The van der Waals surface area contributed by atoms with Crippen molar-refractivity contribution < 1.29 is 14.3 Å². The first-order chi connectivity index (χ1) is 13.5. The molecule has 0 heterocycles.